The first-order valence-corrected chi connectivity index (χ1v) is 10.8. The van der Waals surface area contributed by atoms with Crippen molar-refractivity contribution < 1.29 is 4.74 Å². The van der Waals surface area contributed by atoms with E-state index in [4.69, 9.17) is 9.73 Å². The molecule has 2 unspecified atom stereocenters. The lowest BCUT2D eigenvalue weighted by Gasteiger charge is -2.36. The molecular weight excluding hydrogens is 340 g/mol. The molecular formula is C20H42N6O. The van der Waals surface area contributed by atoms with E-state index in [2.05, 4.69) is 60.1 Å². The van der Waals surface area contributed by atoms with Crippen LogP contribution in [-0.4, -0.2) is 112 Å². The smallest absolute Gasteiger partial charge is 0.191 e. The Morgan fingerprint density at radius 3 is 2.52 bits per heavy atom. The van der Waals surface area contributed by atoms with Crippen LogP contribution in [0.2, 0.25) is 0 Å². The predicted octanol–water partition coefficient (Wildman–Crippen LogP) is 0.534. The van der Waals surface area contributed by atoms with Gasteiger partial charge in [0.1, 0.15) is 0 Å². The quantitative estimate of drug-likeness (QED) is 0.472. The summed E-state index contributed by atoms with van der Waals surface area (Å²) in [4.78, 5) is 12.3. The Labute approximate surface area is 166 Å². The van der Waals surface area contributed by atoms with Gasteiger partial charge in [-0.2, -0.15) is 0 Å². The first-order chi connectivity index (χ1) is 13.0. The van der Waals surface area contributed by atoms with Gasteiger partial charge in [0, 0.05) is 64.9 Å². The molecule has 2 fully saturated rings. The number of nitrogens with zero attached hydrogens (tertiary/aromatic N) is 4. The first-order valence-electron chi connectivity index (χ1n) is 10.8. The molecule has 27 heavy (non-hydrogen) atoms. The molecule has 2 N–H and O–H groups in total. The van der Waals surface area contributed by atoms with Crippen LogP contribution < -0.4 is 10.6 Å². The van der Waals surface area contributed by atoms with Gasteiger partial charge in [-0.1, -0.05) is 13.8 Å². The highest BCUT2D eigenvalue weighted by Gasteiger charge is 2.22. The second kappa shape index (κ2) is 11.8. The SMILES string of the molecule is CCNC(=NCC(C)N1CCN(C)CC1)NCC1CN(CC(C)C)CCO1. The molecule has 2 heterocycles. The van der Waals surface area contributed by atoms with Crippen molar-refractivity contribution in [2.45, 2.75) is 39.8 Å². The monoisotopic (exact) mass is 382 g/mol. The van der Waals surface area contributed by atoms with Crippen LogP contribution in [0.15, 0.2) is 4.99 Å². The lowest BCUT2D eigenvalue weighted by molar-refractivity contribution is -0.0284. The van der Waals surface area contributed by atoms with Crippen molar-refractivity contribution in [3.63, 3.8) is 0 Å². The molecule has 0 spiro atoms. The molecule has 2 saturated heterocycles. The lowest BCUT2D eigenvalue weighted by Crippen LogP contribution is -2.51. The molecule has 2 atom stereocenters. The molecule has 0 aromatic heterocycles. The number of nitrogens with one attached hydrogen (secondary N) is 2. The van der Waals surface area contributed by atoms with Gasteiger partial charge in [-0.3, -0.25) is 14.8 Å². The van der Waals surface area contributed by atoms with Crippen molar-refractivity contribution in [1.29, 1.82) is 0 Å². The fourth-order valence-corrected chi connectivity index (χ4v) is 3.74. The second-order valence-corrected chi connectivity index (χ2v) is 8.44. The Morgan fingerprint density at radius 2 is 1.85 bits per heavy atom. The van der Waals surface area contributed by atoms with E-state index in [1.165, 1.54) is 0 Å². The largest absolute Gasteiger partial charge is 0.374 e. The Bertz CT molecular complexity index is 436. The van der Waals surface area contributed by atoms with Gasteiger partial charge < -0.3 is 20.3 Å². The van der Waals surface area contributed by atoms with E-state index in [0.717, 1.165) is 78.0 Å². The minimum atomic E-state index is 0.233. The van der Waals surface area contributed by atoms with Crippen LogP contribution in [0.3, 0.4) is 0 Å². The minimum absolute atomic E-state index is 0.233. The molecule has 158 valence electrons. The van der Waals surface area contributed by atoms with Crippen molar-refractivity contribution in [3.05, 3.63) is 0 Å². The standard InChI is InChI=1S/C20H42N6O/c1-6-21-20(22-13-18(4)26-9-7-24(5)8-10-26)23-14-19-16-25(11-12-27-19)15-17(2)3/h17-19H,6-16H2,1-5H3,(H2,21,22,23). The summed E-state index contributed by atoms with van der Waals surface area (Å²) in [5.74, 6) is 1.61. The number of hydrogen-bond acceptors (Lipinski definition) is 5. The zero-order valence-corrected chi connectivity index (χ0v) is 18.2. The highest BCUT2D eigenvalue weighted by Crippen LogP contribution is 2.08. The fourth-order valence-electron chi connectivity index (χ4n) is 3.74. The van der Waals surface area contributed by atoms with Gasteiger partial charge in [0.05, 0.1) is 19.3 Å². The number of aliphatic imine (C=N–C) groups is 1. The van der Waals surface area contributed by atoms with E-state index in [9.17, 15) is 0 Å². The summed E-state index contributed by atoms with van der Waals surface area (Å²) < 4.78 is 5.95. The van der Waals surface area contributed by atoms with E-state index in [-0.39, 0.29) is 6.10 Å². The summed E-state index contributed by atoms with van der Waals surface area (Å²) in [7, 11) is 2.20. The van der Waals surface area contributed by atoms with Gasteiger partial charge in [0.25, 0.3) is 0 Å². The van der Waals surface area contributed by atoms with Gasteiger partial charge >= 0.3 is 0 Å². The molecule has 0 aromatic carbocycles. The normalized spacial score (nSPS) is 25.0. The first kappa shape index (κ1) is 22.4. The number of ether oxygens (including phenoxy) is 1. The number of hydrogen-bond donors (Lipinski definition) is 2. The second-order valence-electron chi connectivity index (χ2n) is 8.44. The highest BCUT2D eigenvalue weighted by atomic mass is 16.5. The van der Waals surface area contributed by atoms with Crippen molar-refractivity contribution in [3.8, 4) is 0 Å². The average Bonchev–Trinajstić information content (AvgIpc) is 2.64. The fraction of sp³-hybridized carbons (Fsp3) is 0.950. The van der Waals surface area contributed by atoms with Crippen LogP contribution in [0.1, 0.15) is 27.7 Å². The molecule has 7 nitrogen and oxygen atoms in total. The molecule has 2 aliphatic heterocycles. The van der Waals surface area contributed by atoms with Gasteiger partial charge in [-0.25, -0.2) is 0 Å². The minimum Gasteiger partial charge on any atom is -0.374 e. The molecule has 0 aliphatic carbocycles. The third kappa shape index (κ3) is 8.34. The van der Waals surface area contributed by atoms with Gasteiger partial charge in [-0.15, -0.1) is 0 Å². The van der Waals surface area contributed by atoms with Gasteiger partial charge in [-0.05, 0) is 26.8 Å². The summed E-state index contributed by atoms with van der Waals surface area (Å²) in [6.07, 6.45) is 0.233. The van der Waals surface area contributed by atoms with Crippen LogP contribution in [0, 0.1) is 5.92 Å². The average molecular weight is 383 g/mol. The highest BCUT2D eigenvalue weighted by molar-refractivity contribution is 5.79. The van der Waals surface area contributed by atoms with Crippen LogP contribution in [-0.2, 0) is 4.74 Å². The molecule has 0 bridgehead atoms. The van der Waals surface area contributed by atoms with E-state index in [1.807, 2.05) is 0 Å². The molecule has 2 aliphatic rings. The van der Waals surface area contributed by atoms with Crippen LogP contribution in [0.5, 0.6) is 0 Å². The third-order valence-corrected chi connectivity index (χ3v) is 5.36. The number of guanidine groups is 1. The summed E-state index contributed by atoms with van der Waals surface area (Å²) in [5, 5.41) is 6.86. The van der Waals surface area contributed by atoms with E-state index in [0.29, 0.717) is 12.0 Å². The summed E-state index contributed by atoms with van der Waals surface area (Å²) in [6.45, 7) is 20.1. The van der Waals surface area contributed by atoms with Crippen molar-refractivity contribution >= 4 is 5.96 Å². The van der Waals surface area contributed by atoms with Crippen molar-refractivity contribution in [2.75, 3.05) is 79.1 Å². The number of rotatable bonds is 8. The van der Waals surface area contributed by atoms with E-state index in [1.54, 1.807) is 0 Å². The molecule has 0 saturated carbocycles. The Hall–Kier alpha value is -0.890. The van der Waals surface area contributed by atoms with Crippen molar-refractivity contribution in [2.24, 2.45) is 10.9 Å². The molecule has 0 radical (unpaired) electrons. The maximum absolute atomic E-state index is 5.95. The van der Waals surface area contributed by atoms with Crippen molar-refractivity contribution in [1.82, 2.24) is 25.3 Å². The van der Waals surface area contributed by atoms with Crippen LogP contribution in [0.4, 0.5) is 0 Å². The topological polar surface area (TPSA) is 55.4 Å². The van der Waals surface area contributed by atoms with Crippen LogP contribution in [0.25, 0.3) is 0 Å². The molecule has 0 aromatic rings. The summed E-state index contributed by atoms with van der Waals surface area (Å²) >= 11 is 0. The maximum atomic E-state index is 5.95. The predicted molar refractivity (Wildman–Crippen MR) is 114 cm³/mol. The lowest BCUT2D eigenvalue weighted by atomic mass is 10.2. The Morgan fingerprint density at radius 1 is 1.11 bits per heavy atom. The molecule has 7 heteroatoms. The number of morpholine rings is 1. The Balaban J connectivity index is 1.77. The number of likely N-dealkylation sites (N-methyl/N-ethyl adjacent to an activating group) is 1. The van der Waals surface area contributed by atoms with Crippen LogP contribution >= 0.6 is 0 Å². The van der Waals surface area contributed by atoms with E-state index >= 15 is 0 Å². The maximum Gasteiger partial charge on any atom is 0.191 e. The molecule has 0 amide bonds. The third-order valence-electron chi connectivity index (χ3n) is 5.36. The number of piperazine rings is 1. The van der Waals surface area contributed by atoms with Gasteiger partial charge in [0.2, 0.25) is 0 Å². The zero-order valence-electron chi connectivity index (χ0n) is 18.2. The summed E-state index contributed by atoms with van der Waals surface area (Å²) in [6, 6.07) is 0.474. The Kier molecular flexibility index (Phi) is 9.82. The zero-order chi connectivity index (χ0) is 19.6. The summed E-state index contributed by atoms with van der Waals surface area (Å²) in [5.41, 5.74) is 0. The molecule has 2 rings (SSSR count). The van der Waals surface area contributed by atoms with E-state index < -0.39 is 0 Å². The van der Waals surface area contributed by atoms with Gasteiger partial charge in [0.15, 0.2) is 5.96 Å².